The van der Waals surface area contributed by atoms with Gasteiger partial charge in [-0.05, 0) is 50.4 Å². The summed E-state index contributed by atoms with van der Waals surface area (Å²) in [7, 11) is 3.13. The number of amides is 2. The fourth-order valence-corrected chi connectivity index (χ4v) is 5.35. The molecule has 1 saturated heterocycles. The average Bonchev–Trinajstić information content (AvgIpc) is 3.49. The highest BCUT2D eigenvalue weighted by Crippen LogP contribution is 2.34. The molecule has 1 aliphatic heterocycles. The number of likely N-dealkylation sites (tertiary alicyclic amines) is 1. The number of nitrogens with one attached hydrogen (secondary N) is 3. The molecule has 44 heavy (non-hydrogen) atoms. The van der Waals surface area contributed by atoms with Crippen molar-refractivity contribution in [2.45, 2.75) is 65.1 Å². The molecule has 4 rings (SSSR count). The van der Waals surface area contributed by atoms with Crippen LogP contribution < -0.4 is 20.7 Å². The third-order valence-electron chi connectivity index (χ3n) is 7.82. The number of anilines is 2. The highest BCUT2D eigenvalue weighted by molar-refractivity contribution is 6.31. The first kappa shape index (κ1) is 33.0. The van der Waals surface area contributed by atoms with Crippen molar-refractivity contribution in [2.75, 3.05) is 26.0 Å². The van der Waals surface area contributed by atoms with Crippen LogP contribution in [0.2, 0.25) is 5.02 Å². The van der Waals surface area contributed by atoms with Gasteiger partial charge in [-0.25, -0.2) is 18.7 Å². The van der Waals surface area contributed by atoms with E-state index in [4.69, 9.17) is 16.3 Å². The molecular weight excluding hydrogens is 594 g/mol. The number of fused-ring (bicyclic) bond motifs is 1. The summed E-state index contributed by atoms with van der Waals surface area (Å²) >= 11 is 5.75. The Bertz CT molecular complexity index is 1580. The number of hydrogen-bond acceptors (Lipinski definition) is 8. The molecule has 1 aliphatic rings. The van der Waals surface area contributed by atoms with Crippen LogP contribution in [0.4, 0.5) is 20.3 Å². The number of ketones is 1. The monoisotopic (exact) mass is 630 g/mol. The van der Waals surface area contributed by atoms with E-state index in [0.717, 1.165) is 6.07 Å². The molecule has 3 atom stereocenters. The minimum atomic E-state index is -0.974. The number of ether oxygens (including phenoxy) is 1. The normalized spacial score (nSPS) is 16.5. The number of nitrogens with zero attached hydrogens (tertiary/aromatic N) is 3. The maximum absolute atomic E-state index is 14.6. The van der Waals surface area contributed by atoms with E-state index < -0.39 is 40.2 Å². The van der Waals surface area contributed by atoms with Crippen LogP contribution in [-0.4, -0.2) is 71.3 Å². The third kappa shape index (κ3) is 6.91. The van der Waals surface area contributed by atoms with E-state index >= 15 is 0 Å². The van der Waals surface area contributed by atoms with E-state index in [1.54, 1.807) is 31.0 Å². The Labute approximate surface area is 259 Å². The van der Waals surface area contributed by atoms with Gasteiger partial charge >= 0.3 is 0 Å². The van der Waals surface area contributed by atoms with Crippen LogP contribution in [0.1, 0.15) is 46.1 Å². The predicted octanol–water partition coefficient (Wildman–Crippen LogP) is 4.56. The molecule has 3 aromatic rings. The van der Waals surface area contributed by atoms with Crippen LogP contribution in [0.15, 0.2) is 30.6 Å². The Kier molecular flexibility index (Phi) is 10.0. The minimum absolute atomic E-state index is 0.0675. The van der Waals surface area contributed by atoms with Crippen LogP contribution in [0.5, 0.6) is 5.75 Å². The Morgan fingerprint density at radius 3 is 2.57 bits per heavy atom. The summed E-state index contributed by atoms with van der Waals surface area (Å²) in [5.41, 5.74) is 0.287. The van der Waals surface area contributed by atoms with Gasteiger partial charge in [0.25, 0.3) is 0 Å². The number of carbonyl (C=O) groups excluding carboxylic acids is 3. The Balaban J connectivity index is 1.62. The molecule has 2 heterocycles. The lowest BCUT2D eigenvalue weighted by atomic mass is 9.85. The van der Waals surface area contributed by atoms with Crippen LogP contribution in [0.25, 0.3) is 10.9 Å². The molecule has 1 aromatic heterocycles. The number of carbonyl (C=O) groups is 3. The van der Waals surface area contributed by atoms with Gasteiger partial charge in [0.2, 0.25) is 11.8 Å². The van der Waals surface area contributed by atoms with Crippen molar-refractivity contribution in [3.05, 3.63) is 52.8 Å². The van der Waals surface area contributed by atoms with Gasteiger partial charge in [-0.1, -0.05) is 32.4 Å². The second-order valence-corrected chi connectivity index (χ2v) is 12.3. The highest BCUT2D eigenvalue weighted by Gasteiger charge is 2.42. The molecule has 0 bridgehead atoms. The van der Waals surface area contributed by atoms with Crippen LogP contribution in [0, 0.1) is 17.0 Å². The first-order chi connectivity index (χ1) is 20.8. The van der Waals surface area contributed by atoms with Gasteiger partial charge in [0.1, 0.15) is 34.8 Å². The Hall–Kier alpha value is -3.90. The molecule has 236 valence electrons. The lowest BCUT2D eigenvalue weighted by molar-refractivity contribution is -0.143. The number of aromatic nitrogens is 2. The quantitative estimate of drug-likeness (QED) is 0.279. The Morgan fingerprint density at radius 1 is 1.18 bits per heavy atom. The van der Waals surface area contributed by atoms with Crippen molar-refractivity contribution in [3.8, 4) is 5.75 Å². The summed E-state index contributed by atoms with van der Waals surface area (Å²) in [6.45, 7) is 7.70. The number of likely N-dealkylation sites (N-methyl/N-ethyl adjacent to an activating group) is 1. The van der Waals surface area contributed by atoms with Gasteiger partial charge in [-0.15, -0.1) is 0 Å². The first-order valence-corrected chi connectivity index (χ1v) is 14.7. The van der Waals surface area contributed by atoms with E-state index in [2.05, 4.69) is 25.9 Å². The van der Waals surface area contributed by atoms with E-state index in [1.165, 1.54) is 19.5 Å². The molecule has 0 unspecified atom stereocenters. The smallest absolute Gasteiger partial charge is 0.246 e. The summed E-state index contributed by atoms with van der Waals surface area (Å²) in [5, 5.41) is 8.39. The van der Waals surface area contributed by atoms with Crippen molar-refractivity contribution < 1.29 is 27.9 Å². The van der Waals surface area contributed by atoms with Crippen LogP contribution in [0.3, 0.4) is 0 Å². The molecule has 0 spiro atoms. The molecule has 0 saturated carbocycles. The number of rotatable bonds is 10. The summed E-state index contributed by atoms with van der Waals surface area (Å²) < 4.78 is 33.9. The fourth-order valence-electron chi connectivity index (χ4n) is 5.19. The average molecular weight is 631 g/mol. The maximum Gasteiger partial charge on any atom is 0.246 e. The van der Waals surface area contributed by atoms with E-state index in [0.29, 0.717) is 41.6 Å². The van der Waals surface area contributed by atoms with Gasteiger partial charge in [0.05, 0.1) is 30.4 Å². The second-order valence-electron chi connectivity index (χ2n) is 11.9. The zero-order valence-electron chi connectivity index (χ0n) is 25.6. The standard InChI is InChI=1S/C31H37ClF2N6O4/c1-16(35-5)29(42)39-27(31(2,3)4)30(43)40-11-7-8-22(40)23(41)13-17-12-18-21(14-24(17)44-6)36-15-37-28(18)38-20-10-9-19(33)25(32)26(20)34/h9-10,12,14-16,22,27,35H,7-8,11,13H2,1-6H3,(H,39,42)(H,36,37,38)/t16-,22-,27+/m0/s1. The van der Waals surface area contributed by atoms with E-state index in [-0.39, 0.29) is 35.5 Å². The molecule has 2 amide bonds. The SMILES string of the molecule is CN[C@@H](C)C(=O)N[C@H](C(=O)N1CCC[C@H]1C(=O)Cc1cc2c(Nc3ccc(F)c(Cl)c3F)ncnc2cc1OC)C(C)(C)C. The van der Waals surface area contributed by atoms with Crippen molar-refractivity contribution in [2.24, 2.45) is 5.41 Å². The molecule has 3 N–H and O–H groups in total. The van der Waals surface area contributed by atoms with Crippen molar-refractivity contribution in [1.29, 1.82) is 0 Å². The van der Waals surface area contributed by atoms with E-state index in [1.807, 2.05) is 20.8 Å². The van der Waals surface area contributed by atoms with Crippen molar-refractivity contribution in [3.63, 3.8) is 0 Å². The molecule has 13 heteroatoms. The zero-order chi connectivity index (χ0) is 32.3. The highest BCUT2D eigenvalue weighted by atomic mass is 35.5. The van der Waals surface area contributed by atoms with E-state index in [9.17, 15) is 23.2 Å². The molecule has 10 nitrogen and oxygen atoms in total. The molecule has 0 aliphatic carbocycles. The predicted molar refractivity (Wildman–Crippen MR) is 164 cm³/mol. The zero-order valence-corrected chi connectivity index (χ0v) is 26.3. The number of methoxy groups -OCH3 is 1. The summed E-state index contributed by atoms with van der Waals surface area (Å²) in [6, 6.07) is 3.54. The second kappa shape index (κ2) is 13.4. The molecule has 2 aromatic carbocycles. The molecular formula is C31H37ClF2N6O4. The van der Waals surface area contributed by atoms with Gasteiger partial charge in [-0.2, -0.15) is 0 Å². The van der Waals surface area contributed by atoms with Crippen LogP contribution >= 0.6 is 11.6 Å². The van der Waals surface area contributed by atoms with Gasteiger partial charge in [0, 0.05) is 30.0 Å². The van der Waals surface area contributed by atoms with Gasteiger partial charge < -0.3 is 25.6 Å². The third-order valence-corrected chi connectivity index (χ3v) is 8.17. The lowest BCUT2D eigenvalue weighted by Crippen LogP contribution is -2.58. The number of Topliss-reactive ketones (excluding diaryl/α,β-unsaturated/α-hetero) is 1. The largest absolute Gasteiger partial charge is 0.496 e. The van der Waals surface area contributed by atoms with Crippen LogP contribution in [-0.2, 0) is 20.8 Å². The minimum Gasteiger partial charge on any atom is -0.496 e. The fraction of sp³-hybridized carbons (Fsp3) is 0.452. The topological polar surface area (TPSA) is 126 Å². The van der Waals surface area contributed by atoms with Crippen molar-refractivity contribution in [1.82, 2.24) is 25.5 Å². The first-order valence-electron chi connectivity index (χ1n) is 14.3. The number of hydrogen-bond donors (Lipinski definition) is 3. The Morgan fingerprint density at radius 2 is 1.91 bits per heavy atom. The summed E-state index contributed by atoms with van der Waals surface area (Å²) in [5.74, 6) is -2.06. The van der Waals surface area contributed by atoms with Crippen molar-refractivity contribution >= 4 is 51.6 Å². The summed E-state index contributed by atoms with van der Waals surface area (Å²) in [4.78, 5) is 50.4. The lowest BCUT2D eigenvalue weighted by Gasteiger charge is -2.36. The van der Waals surface area contributed by atoms with Gasteiger partial charge in [0.15, 0.2) is 11.6 Å². The maximum atomic E-state index is 14.6. The number of halogens is 3. The van der Waals surface area contributed by atoms with Gasteiger partial charge in [-0.3, -0.25) is 14.4 Å². The summed E-state index contributed by atoms with van der Waals surface area (Å²) in [6.07, 6.45) is 2.34. The molecule has 1 fully saturated rings. The number of benzene rings is 2. The molecule has 0 radical (unpaired) electrons.